The Kier molecular flexibility index (Phi) is 14.9. The van der Waals surface area contributed by atoms with E-state index in [1.807, 2.05) is 19.0 Å². The lowest BCUT2D eigenvalue weighted by atomic mass is 9.74. The number of carbonyl (C=O) groups is 5. The summed E-state index contributed by atoms with van der Waals surface area (Å²) in [7, 11) is 1.27. The normalized spacial score (nSPS) is 33.8. The smallest absolute Gasteiger partial charge is 0.357 e. The molecule has 8 unspecified atom stereocenters. The number of Topliss-reactive ketones (excluding diaryl/α,β-unsaturated/α-hetero) is 1. The zero-order valence-corrected chi connectivity index (χ0v) is 31.5. The lowest BCUT2D eigenvalue weighted by Crippen LogP contribution is -2.70. The number of ether oxygens (including phenoxy) is 7. The average Bonchev–Trinajstić information content (AvgIpc) is 3.08. The standard InChI is InChI=1S/C34H46N2O17S/c1-8-18(36-13-54)32(44)53-27-20(12-48-17(6)37)51-30(33(45)11-19(38)25(35)24(29(33)41)31(42)43)26(40)28(27)52-23-10-21(47-7)34(46,16(5)50-23)15(4)49-22(39)9-14(2)3/h8,14-16,20-21,23,26-28,30,35,40-41,45-46H,9-12H2,1-7H3,(H,42,43)/b18-8+,35-25?/t15-,16?,20?,21?,23?,26?,27?,28?,30-,33+,34?/m0/s1. The van der Waals surface area contributed by atoms with Gasteiger partial charge >= 0.3 is 23.9 Å². The summed E-state index contributed by atoms with van der Waals surface area (Å²) in [6.45, 7) is 8.21. The number of thiocarbonyl (C=S) groups is 1. The highest BCUT2D eigenvalue weighted by Gasteiger charge is 2.62. The molecule has 3 rings (SSSR count). The van der Waals surface area contributed by atoms with Crippen molar-refractivity contribution in [1.29, 1.82) is 5.41 Å². The SMILES string of the molecule is C/C=C(/N=C=S)C(=O)OC1C(COC(C)=O)O[C@H]([C@@]2(O)CC(=O)C(=N)C(C(=O)O)=C2O)C(O)C1OC1CC(OC)C(O)([C@H](C)OC(=O)CC(C)C)C(C)O1. The molecule has 6 N–H and O–H groups in total. The molecule has 0 saturated carbocycles. The lowest BCUT2D eigenvalue weighted by molar-refractivity contribution is -0.345. The number of carbonyl (C=O) groups excluding carboxylic acids is 4. The first-order chi connectivity index (χ1) is 25.2. The number of carboxylic acid groups (broad SMARTS) is 1. The summed E-state index contributed by atoms with van der Waals surface area (Å²) < 4.78 is 40.0. The van der Waals surface area contributed by atoms with E-state index in [-0.39, 0.29) is 24.5 Å². The molecule has 2 heterocycles. The third-order valence-electron chi connectivity index (χ3n) is 9.35. The van der Waals surface area contributed by atoms with Gasteiger partial charge in [-0.2, -0.15) is 4.99 Å². The van der Waals surface area contributed by atoms with Crippen molar-refractivity contribution in [2.24, 2.45) is 10.9 Å². The van der Waals surface area contributed by atoms with Crippen molar-refractivity contribution in [3.8, 4) is 0 Å². The number of allylic oxidation sites excluding steroid dienone is 1. The summed E-state index contributed by atoms with van der Waals surface area (Å²) >= 11 is 4.60. The van der Waals surface area contributed by atoms with E-state index < -0.39 is 126 Å². The number of carboxylic acids is 1. The topological polar surface area (TPSA) is 287 Å². The number of aliphatic hydroxyl groups excluding tert-OH is 2. The number of aliphatic carboxylic acids is 1. The van der Waals surface area contributed by atoms with Crippen LogP contribution < -0.4 is 0 Å². The lowest BCUT2D eigenvalue weighted by Gasteiger charge is -2.52. The van der Waals surface area contributed by atoms with Crippen LogP contribution in [0.25, 0.3) is 0 Å². The highest BCUT2D eigenvalue weighted by molar-refractivity contribution is 7.78. The Morgan fingerprint density at radius 2 is 1.81 bits per heavy atom. The molecule has 2 saturated heterocycles. The van der Waals surface area contributed by atoms with Crippen LogP contribution in [0.5, 0.6) is 0 Å². The van der Waals surface area contributed by atoms with Crippen LogP contribution in [0.4, 0.5) is 0 Å². The van der Waals surface area contributed by atoms with Crippen LogP contribution in [0.15, 0.2) is 28.1 Å². The summed E-state index contributed by atoms with van der Waals surface area (Å²) in [5.41, 5.74) is -7.73. The molecule has 0 aromatic carbocycles. The minimum absolute atomic E-state index is 0.0351. The first kappa shape index (κ1) is 44.4. The summed E-state index contributed by atoms with van der Waals surface area (Å²) in [6, 6.07) is 0. The van der Waals surface area contributed by atoms with E-state index in [2.05, 4.69) is 17.2 Å². The van der Waals surface area contributed by atoms with Crippen LogP contribution in [0, 0.1) is 11.3 Å². The van der Waals surface area contributed by atoms with Gasteiger partial charge in [0, 0.05) is 26.9 Å². The minimum atomic E-state index is -3.03. The van der Waals surface area contributed by atoms with Gasteiger partial charge in [-0.15, -0.1) is 0 Å². The number of isothiocyanates is 1. The van der Waals surface area contributed by atoms with Gasteiger partial charge in [-0.25, -0.2) is 9.59 Å². The van der Waals surface area contributed by atoms with Crippen molar-refractivity contribution in [2.45, 2.75) is 127 Å². The molecule has 20 heteroatoms. The maximum atomic E-state index is 13.3. The quantitative estimate of drug-likeness (QED) is 0.0458. The van der Waals surface area contributed by atoms with Gasteiger partial charge in [-0.1, -0.05) is 19.9 Å². The molecular formula is C34H46N2O17S. The van der Waals surface area contributed by atoms with Crippen molar-refractivity contribution in [1.82, 2.24) is 0 Å². The predicted octanol–water partition coefficient (Wildman–Crippen LogP) is 0.461. The van der Waals surface area contributed by atoms with Crippen molar-refractivity contribution < 1.29 is 82.7 Å². The molecule has 19 nitrogen and oxygen atoms in total. The van der Waals surface area contributed by atoms with Crippen LogP contribution in [0.2, 0.25) is 0 Å². The molecule has 0 radical (unpaired) electrons. The summed E-state index contributed by atoms with van der Waals surface area (Å²) in [5, 5.41) is 66.1. The molecular weight excluding hydrogens is 740 g/mol. The van der Waals surface area contributed by atoms with Crippen molar-refractivity contribution in [3.63, 3.8) is 0 Å². The third kappa shape index (κ3) is 9.27. The van der Waals surface area contributed by atoms with Crippen molar-refractivity contribution in [3.05, 3.63) is 23.1 Å². The van der Waals surface area contributed by atoms with Crippen LogP contribution in [-0.2, 0) is 57.1 Å². The fourth-order valence-electron chi connectivity index (χ4n) is 6.58. The number of aliphatic hydroxyl groups is 4. The van der Waals surface area contributed by atoms with Gasteiger partial charge in [-0.3, -0.25) is 19.8 Å². The zero-order chi connectivity index (χ0) is 40.9. The maximum Gasteiger partial charge on any atom is 0.357 e. The van der Waals surface area contributed by atoms with Gasteiger partial charge in [0.1, 0.15) is 54.2 Å². The molecule has 300 valence electrons. The second-order valence-corrected chi connectivity index (χ2v) is 13.6. The zero-order valence-electron chi connectivity index (χ0n) is 30.7. The molecule has 0 aromatic heterocycles. The Balaban J connectivity index is 2.13. The molecule has 54 heavy (non-hydrogen) atoms. The Labute approximate surface area is 315 Å². The third-order valence-corrected chi connectivity index (χ3v) is 9.44. The van der Waals surface area contributed by atoms with E-state index in [1.165, 1.54) is 34.0 Å². The number of nitrogens with one attached hydrogen (secondary N) is 1. The molecule has 0 aromatic rings. The number of methoxy groups -OCH3 is 1. The highest BCUT2D eigenvalue weighted by Crippen LogP contribution is 2.42. The predicted molar refractivity (Wildman–Crippen MR) is 184 cm³/mol. The van der Waals surface area contributed by atoms with Gasteiger partial charge in [0.05, 0.1) is 23.8 Å². The van der Waals surface area contributed by atoms with Crippen molar-refractivity contribution in [2.75, 3.05) is 13.7 Å². The van der Waals surface area contributed by atoms with Crippen LogP contribution in [0.3, 0.4) is 0 Å². The van der Waals surface area contributed by atoms with E-state index in [1.54, 1.807) is 0 Å². The van der Waals surface area contributed by atoms with Crippen LogP contribution >= 0.6 is 12.2 Å². The van der Waals surface area contributed by atoms with Gasteiger partial charge in [0.2, 0.25) is 0 Å². The molecule has 0 spiro atoms. The van der Waals surface area contributed by atoms with Gasteiger partial charge in [0.25, 0.3) is 0 Å². The molecule has 11 atom stereocenters. The molecule has 0 amide bonds. The summed E-state index contributed by atoms with van der Waals surface area (Å²) in [5.74, 6) is -7.22. The monoisotopic (exact) mass is 786 g/mol. The van der Waals surface area contributed by atoms with Crippen molar-refractivity contribution >= 4 is 52.8 Å². The second-order valence-electron chi connectivity index (χ2n) is 13.4. The van der Waals surface area contributed by atoms with Crippen LogP contribution in [0.1, 0.15) is 60.8 Å². The van der Waals surface area contributed by atoms with E-state index in [0.29, 0.717) is 0 Å². The molecule has 2 aliphatic heterocycles. The number of hydrogen-bond donors (Lipinski definition) is 6. The number of nitrogens with zero attached hydrogens (tertiary/aromatic N) is 1. The van der Waals surface area contributed by atoms with E-state index in [0.717, 1.165) is 6.92 Å². The Bertz CT molecular complexity index is 1610. The van der Waals surface area contributed by atoms with Gasteiger partial charge in [-0.05, 0) is 38.9 Å². The fourth-order valence-corrected chi connectivity index (χ4v) is 6.68. The Morgan fingerprint density at radius 1 is 1.17 bits per heavy atom. The fraction of sp³-hybridized carbons (Fsp3) is 0.676. The number of ketones is 1. The van der Waals surface area contributed by atoms with Crippen LogP contribution in [-0.4, -0.2) is 146 Å². The minimum Gasteiger partial charge on any atom is -0.508 e. The number of rotatable bonds is 14. The number of aliphatic imine (C=N–C) groups is 1. The van der Waals surface area contributed by atoms with E-state index >= 15 is 0 Å². The first-order valence-electron chi connectivity index (χ1n) is 16.9. The second kappa shape index (κ2) is 18.1. The maximum absolute atomic E-state index is 13.3. The number of hydrogen-bond acceptors (Lipinski definition) is 19. The Morgan fingerprint density at radius 3 is 2.35 bits per heavy atom. The first-order valence-corrected chi connectivity index (χ1v) is 17.3. The van der Waals surface area contributed by atoms with Gasteiger partial charge < -0.3 is 58.7 Å². The van der Waals surface area contributed by atoms with Gasteiger partial charge in [0.15, 0.2) is 35.1 Å². The highest BCUT2D eigenvalue weighted by atomic mass is 32.1. The average molecular weight is 787 g/mol. The molecule has 0 bridgehead atoms. The van der Waals surface area contributed by atoms with E-state index in [9.17, 15) is 49.5 Å². The largest absolute Gasteiger partial charge is 0.508 e. The molecule has 2 fully saturated rings. The Hall–Kier alpha value is -3.98. The van der Waals surface area contributed by atoms with E-state index in [4.69, 9.17) is 38.6 Å². The summed E-state index contributed by atoms with van der Waals surface area (Å²) in [4.78, 5) is 66.2. The summed E-state index contributed by atoms with van der Waals surface area (Å²) in [6.07, 6.45) is -14.9. The molecule has 1 aliphatic carbocycles. The number of esters is 3. The molecule has 3 aliphatic rings.